The van der Waals surface area contributed by atoms with Crippen molar-refractivity contribution in [3.05, 3.63) is 53.4 Å². The maximum Gasteiger partial charge on any atom is 0.266 e. The highest BCUT2D eigenvalue weighted by Gasteiger charge is 2.10. The number of nitrogens with zero attached hydrogens (tertiary/aromatic N) is 3. The topological polar surface area (TPSA) is 70.7 Å². The monoisotopic (exact) mass is 308 g/mol. The van der Waals surface area contributed by atoms with E-state index in [1.165, 1.54) is 11.6 Å². The van der Waals surface area contributed by atoms with E-state index in [0.717, 1.165) is 19.3 Å². The number of nitriles is 1. The standard InChI is InChI=1S/C18H20N4O/c1-3-4-5-14-6-8-17(9-7-14)21-18(23)16(11-19)10-15-12-20-22(2)13-15/h6-10,12-13H,3-5H2,1-2H3,(H,21,23)/b16-10+. The van der Waals surface area contributed by atoms with Gasteiger partial charge in [-0.2, -0.15) is 10.4 Å². The second-order valence-electron chi connectivity index (χ2n) is 5.37. The van der Waals surface area contributed by atoms with Crippen LogP contribution >= 0.6 is 0 Å². The molecule has 0 fully saturated rings. The molecule has 0 aliphatic rings. The van der Waals surface area contributed by atoms with E-state index in [4.69, 9.17) is 0 Å². The second kappa shape index (κ2) is 7.95. The molecule has 0 spiro atoms. The van der Waals surface area contributed by atoms with E-state index in [1.54, 1.807) is 24.1 Å². The van der Waals surface area contributed by atoms with Crippen molar-refractivity contribution in [3.63, 3.8) is 0 Å². The molecule has 2 aromatic rings. The van der Waals surface area contributed by atoms with Gasteiger partial charge in [0.25, 0.3) is 5.91 Å². The summed E-state index contributed by atoms with van der Waals surface area (Å²) in [6.45, 7) is 2.16. The molecule has 1 amide bonds. The summed E-state index contributed by atoms with van der Waals surface area (Å²) in [5.41, 5.74) is 2.70. The maximum atomic E-state index is 12.2. The summed E-state index contributed by atoms with van der Waals surface area (Å²) in [6, 6.07) is 9.66. The number of hydrogen-bond acceptors (Lipinski definition) is 3. The van der Waals surface area contributed by atoms with Crippen molar-refractivity contribution >= 4 is 17.7 Å². The molecule has 0 saturated heterocycles. The number of nitrogens with one attached hydrogen (secondary N) is 1. The number of unbranched alkanes of at least 4 members (excludes halogenated alkanes) is 1. The lowest BCUT2D eigenvalue weighted by Gasteiger charge is -2.06. The largest absolute Gasteiger partial charge is 0.321 e. The Morgan fingerprint density at radius 3 is 2.70 bits per heavy atom. The molecule has 5 heteroatoms. The van der Waals surface area contributed by atoms with Crippen LogP contribution in [-0.4, -0.2) is 15.7 Å². The molecule has 2 rings (SSSR count). The van der Waals surface area contributed by atoms with Crippen LogP contribution in [0.5, 0.6) is 0 Å². The van der Waals surface area contributed by atoms with E-state index in [9.17, 15) is 10.1 Å². The molecule has 0 saturated carbocycles. The van der Waals surface area contributed by atoms with Gasteiger partial charge in [-0.1, -0.05) is 25.5 Å². The van der Waals surface area contributed by atoms with E-state index in [-0.39, 0.29) is 5.57 Å². The van der Waals surface area contributed by atoms with Crippen molar-refractivity contribution in [1.82, 2.24) is 9.78 Å². The normalized spacial score (nSPS) is 11.1. The van der Waals surface area contributed by atoms with Gasteiger partial charge in [0.1, 0.15) is 11.6 Å². The molecule has 5 nitrogen and oxygen atoms in total. The molecular formula is C18H20N4O. The fourth-order valence-electron chi connectivity index (χ4n) is 2.16. The van der Waals surface area contributed by atoms with Gasteiger partial charge in [-0.05, 0) is 36.6 Å². The maximum absolute atomic E-state index is 12.2. The Morgan fingerprint density at radius 1 is 1.39 bits per heavy atom. The van der Waals surface area contributed by atoms with E-state index in [0.29, 0.717) is 11.3 Å². The minimum Gasteiger partial charge on any atom is -0.321 e. The van der Waals surface area contributed by atoms with Gasteiger partial charge in [0, 0.05) is 24.5 Å². The Labute approximate surface area is 136 Å². The summed E-state index contributed by atoms with van der Waals surface area (Å²) in [6.07, 6.45) is 8.22. The number of rotatable bonds is 6. The second-order valence-corrected chi connectivity index (χ2v) is 5.37. The van der Waals surface area contributed by atoms with Crippen LogP contribution < -0.4 is 5.32 Å². The van der Waals surface area contributed by atoms with E-state index in [2.05, 4.69) is 17.3 Å². The molecule has 0 radical (unpaired) electrons. The first-order valence-corrected chi connectivity index (χ1v) is 7.63. The highest BCUT2D eigenvalue weighted by molar-refractivity contribution is 6.09. The van der Waals surface area contributed by atoms with Crippen LogP contribution in [0.1, 0.15) is 30.9 Å². The van der Waals surface area contributed by atoms with Crippen LogP contribution in [0, 0.1) is 11.3 Å². The number of carbonyl (C=O) groups is 1. The first-order chi connectivity index (χ1) is 11.1. The van der Waals surface area contributed by atoms with Gasteiger partial charge in [-0.25, -0.2) is 0 Å². The molecule has 1 aromatic heterocycles. The molecular weight excluding hydrogens is 288 g/mol. The summed E-state index contributed by atoms with van der Waals surface area (Å²) in [4.78, 5) is 12.2. The van der Waals surface area contributed by atoms with Crippen LogP contribution in [0.3, 0.4) is 0 Å². The van der Waals surface area contributed by atoms with Gasteiger partial charge in [0.2, 0.25) is 0 Å². The summed E-state index contributed by atoms with van der Waals surface area (Å²) in [7, 11) is 1.78. The predicted octanol–water partition coefficient (Wildman–Crippen LogP) is 3.31. The van der Waals surface area contributed by atoms with Crippen LogP contribution in [-0.2, 0) is 18.3 Å². The van der Waals surface area contributed by atoms with Gasteiger partial charge >= 0.3 is 0 Å². The highest BCUT2D eigenvalue weighted by Crippen LogP contribution is 2.14. The molecule has 1 aromatic carbocycles. The zero-order valence-electron chi connectivity index (χ0n) is 13.4. The Balaban J connectivity index is 2.05. The van der Waals surface area contributed by atoms with Crippen molar-refractivity contribution in [2.75, 3.05) is 5.32 Å². The first kappa shape index (κ1) is 16.5. The number of benzene rings is 1. The predicted molar refractivity (Wildman–Crippen MR) is 90.5 cm³/mol. The van der Waals surface area contributed by atoms with Gasteiger partial charge in [0.05, 0.1) is 6.20 Å². The number of hydrogen-bond donors (Lipinski definition) is 1. The first-order valence-electron chi connectivity index (χ1n) is 7.63. The number of amides is 1. The third-order valence-electron chi connectivity index (χ3n) is 3.43. The van der Waals surface area contributed by atoms with Gasteiger partial charge in [0.15, 0.2) is 0 Å². The number of aryl methyl sites for hydroxylation is 2. The Kier molecular flexibility index (Phi) is 5.70. The molecule has 0 unspecified atom stereocenters. The molecule has 23 heavy (non-hydrogen) atoms. The minimum atomic E-state index is -0.419. The van der Waals surface area contributed by atoms with E-state index in [1.807, 2.05) is 30.3 Å². The Hall–Kier alpha value is -2.87. The molecule has 0 aliphatic heterocycles. The van der Waals surface area contributed by atoms with Crippen LogP contribution in [0.4, 0.5) is 5.69 Å². The average Bonchev–Trinajstić information content (AvgIpc) is 2.97. The van der Waals surface area contributed by atoms with Crippen LogP contribution in [0.2, 0.25) is 0 Å². The Bertz CT molecular complexity index is 735. The fourth-order valence-corrected chi connectivity index (χ4v) is 2.16. The highest BCUT2D eigenvalue weighted by atomic mass is 16.1. The molecule has 0 atom stereocenters. The van der Waals surface area contributed by atoms with Gasteiger partial charge in [-0.15, -0.1) is 0 Å². The third kappa shape index (κ3) is 4.82. The molecule has 0 bridgehead atoms. The van der Waals surface area contributed by atoms with Crippen LogP contribution in [0.15, 0.2) is 42.2 Å². The summed E-state index contributed by atoms with van der Waals surface area (Å²) >= 11 is 0. The SMILES string of the molecule is CCCCc1ccc(NC(=O)/C(C#N)=C/c2cnn(C)c2)cc1. The molecule has 118 valence electrons. The molecule has 1 N–H and O–H groups in total. The Morgan fingerprint density at radius 2 is 2.13 bits per heavy atom. The van der Waals surface area contributed by atoms with Crippen molar-refractivity contribution in [2.24, 2.45) is 7.05 Å². The smallest absolute Gasteiger partial charge is 0.266 e. The lowest BCUT2D eigenvalue weighted by molar-refractivity contribution is -0.112. The number of aromatic nitrogens is 2. The molecule has 0 aliphatic carbocycles. The third-order valence-corrected chi connectivity index (χ3v) is 3.43. The summed E-state index contributed by atoms with van der Waals surface area (Å²) in [5.74, 6) is -0.419. The van der Waals surface area contributed by atoms with Crippen molar-refractivity contribution in [2.45, 2.75) is 26.2 Å². The summed E-state index contributed by atoms with van der Waals surface area (Å²) < 4.78 is 1.62. The lowest BCUT2D eigenvalue weighted by Crippen LogP contribution is -2.13. The minimum absolute atomic E-state index is 0.0491. The number of anilines is 1. The lowest BCUT2D eigenvalue weighted by atomic mass is 10.1. The zero-order valence-corrected chi connectivity index (χ0v) is 13.4. The van der Waals surface area contributed by atoms with E-state index >= 15 is 0 Å². The van der Waals surface area contributed by atoms with Crippen molar-refractivity contribution in [1.29, 1.82) is 5.26 Å². The van der Waals surface area contributed by atoms with Crippen molar-refractivity contribution in [3.8, 4) is 6.07 Å². The zero-order chi connectivity index (χ0) is 16.7. The quantitative estimate of drug-likeness (QED) is 0.657. The van der Waals surface area contributed by atoms with Crippen LogP contribution in [0.25, 0.3) is 6.08 Å². The number of carbonyl (C=O) groups excluding carboxylic acids is 1. The molecule has 1 heterocycles. The van der Waals surface area contributed by atoms with Gasteiger partial charge < -0.3 is 5.32 Å². The van der Waals surface area contributed by atoms with E-state index < -0.39 is 5.91 Å². The average molecular weight is 308 g/mol. The summed E-state index contributed by atoms with van der Waals surface area (Å²) in [5, 5.41) is 15.9. The van der Waals surface area contributed by atoms with Crippen molar-refractivity contribution < 1.29 is 4.79 Å². The fraction of sp³-hybridized carbons (Fsp3) is 0.278. The van der Waals surface area contributed by atoms with Gasteiger partial charge in [-0.3, -0.25) is 9.48 Å².